The summed E-state index contributed by atoms with van der Waals surface area (Å²) in [6, 6.07) is 15.6. The van der Waals surface area contributed by atoms with E-state index in [4.69, 9.17) is 0 Å². The van der Waals surface area contributed by atoms with E-state index < -0.39 is 0 Å². The highest BCUT2D eigenvalue weighted by Gasteiger charge is 2.56. The van der Waals surface area contributed by atoms with Gasteiger partial charge in [-0.1, -0.05) is 36.9 Å². The number of hydrogen-bond acceptors (Lipinski definition) is 2. The van der Waals surface area contributed by atoms with Crippen molar-refractivity contribution >= 4 is 17.5 Å². The first-order valence-electron chi connectivity index (χ1n) is 8.09. The average Bonchev–Trinajstić information content (AvgIpc) is 3.11. The van der Waals surface area contributed by atoms with Gasteiger partial charge in [-0.25, -0.2) is 0 Å². The zero-order valence-electron chi connectivity index (χ0n) is 13.2. The number of anilines is 1. The van der Waals surface area contributed by atoms with Crippen LogP contribution < -0.4 is 10.6 Å². The summed E-state index contributed by atoms with van der Waals surface area (Å²) in [6.07, 6.45) is 2.25. The SMILES string of the molecule is C=CC(=O)Nc1cccc(C(=O)N[C@@H]2[C@H]3Cc4ccccc4[C@H]32)c1. The Morgan fingerprint density at radius 3 is 2.79 bits per heavy atom. The Balaban J connectivity index is 1.44. The fraction of sp³-hybridized carbons (Fsp3) is 0.200. The van der Waals surface area contributed by atoms with Gasteiger partial charge in [0.05, 0.1) is 0 Å². The van der Waals surface area contributed by atoms with Gasteiger partial charge in [0.2, 0.25) is 5.91 Å². The molecule has 3 atom stereocenters. The van der Waals surface area contributed by atoms with Gasteiger partial charge in [-0.15, -0.1) is 0 Å². The normalized spacial score (nSPS) is 22.9. The van der Waals surface area contributed by atoms with E-state index in [1.165, 1.54) is 17.2 Å². The van der Waals surface area contributed by atoms with Crippen LogP contribution in [-0.4, -0.2) is 17.9 Å². The average molecular weight is 318 g/mol. The van der Waals surface area contributed by atoms with Crippen LogP contribution in [0.4, 0.5) is 5.69 Å². The van der Waals surface area contributed by atoms with Crippen molar-refractivity contribution in [1.29, 1.82) is 0 Å². The van der Waals surface area contributed by atoms with Crippen LogP contribution in [0.3, 0.4) is 0 Å². The molecule has 2 aromatic rings. The molecule has 2 aliphatic rings. The largest absolute Gasteiger partial charge is 0.348 e. The van der Waals surface area contributed by atoms with Crippen LogP contribution in [0, 0.1) is 5.92 Å². The van der Waals surface area contributed by atoms with E-state index in [1.807, 2.05) is 0 Å². The number of carbonyl (C=O) groups excluding carboxylic acids is 2. The molecule has 24 heavy (non-hydrogen) atoms. The second-order valence-corrected chi connectivity index (χ2v) is 6.37. The van der Waals surface area contributed by atoms with E-state index in [2.05, 4.69) is 41.5 Å². The molecule has 4 heteroatoms. The molecule has 0 aromatic heterocycles. The van der Waals surface area contributed by atoms with Gasteiger partial charge in [0.1, 0.15) is 0 Å². The summed E-state index contributed by atoms with van der Waals surface area (Å²) in [5.41, 5.74) is 3.93. The van der Waals surface area contributed by atoms with Gasteiger partial charge in [-0.05, 0) is 47.7 Å². The first-order valence-corrected chi connectivity index (χ1v) is 8.09. The maximum absolute atomic E-state index is 12.5. The van der Waals surface area contributed by atoms with E-state index in [0.29, 0.717) is 23.1 Å². The summed E-state index contributed by atoms with van der Waals surface area (Å²) >= 11 is 0. The second-order valence-electron chi connectivity index (χ2n) is 6.37. The van der Waals surface area contributed by atoms with Gasteiger partial charge in [-0.2, -0.15) is 0 Å². The summed E-state index contributed by atoms with van der Waals surface area (Å²) in [5, 5.41) is 5.81. The molecule has 120 valence electrons. The molecule has 2 aliphatic carbocycles. The lowest BCUT2D eigenvalue weighted by atomic mass is 10.0. The predicted octanol–water partition coefficient (Wildman–Crippen LogP) is 2.88. The van der Waals surface area contributed by atoms with Crippen molar-refractivity contribution in [3.05, 3.63) is 77.9 Å². The molecule has 0 spiro atoms. The Bertz CT molecular complexity index is 843. The lowest BCUT2D eigenvalue weighted by molar-refractivity contribution is -0.111. The van der Waals surface area contributed by atoms with Crippen molar-refractivity contribution in [1.82, 2.24) is 5.32 Å². The number of fused-ring (bicyclic) bond motifs is 3. The van der Waals surface area contributed by atoms with E-state index in [-0.39, 0.29) is 17.9 Å². The van der Waals surface area contributed by atoms with Crippen LogP contribution in [0.25, 0.3) is 0 Å². The van der Waals surface area contributed by atoms with Crippen LogP contribution in [0.15, 0.2) is 61.2 Å². The van der Waals surface area contributed by atoms with Crippen molar-refractivity contribution in [3.8, 4) is 0 Å². The molecule has 4 rings (SSSR count). The molecule has 0 radical (unpaired) electrons. The highest BCUT2D eigenvalue weighted by Crippen LogP contribution is 2.56. The summed E-state index contributed by atoms with van der Waals surface area (Å²) in [4.78, 5) is 23.9. The van der Waals surface area contributed by atoms with Gasteiger partial charge in [0, 0.05) is 23.2 Å². The molecule has 0 heterocycles. The minimum Gasteiger partial charge on any atom is -0.348 e. The summed E-state index contributed by atoms with van der Waals surface area (Å²) in [5.74, 6) is 0.589. The van der Waals surface area contributed by atoms with E-state index >= 15 is 0 Å². The third-order valence-electron chi connectivity index (χ3n) is 4.91. The van der Waals surface area contributed by atoms with Crippen LogP contribution >= 0.6 is 0 Å². The molecule has 2 N–H and O–H groups in total. The monoisotopic (exact) mass is 318 g/mol. The van der Waals surface area contributed by atoms with Crippen LogP contribution in [0.2, 0.25) is 0 Å². The Kier molecular flexibility index (Phi) is 3.45. The molecular weight excluding hydrogens is 300 g/mol. The number of benzene rings is 2. The number of hydrogen-bond donors (Lipinski definition) is 2. The molecule has 1 fully saturated rings. The lowest BCUT2D eigenvalue weighted by Gasteiger charge is -2.10. The van der Waals surface area contributed by atoms with Gasteiger partial charge in [-0.3, -0.25) is 9.59 Å². The third-order valence-corrected chi connectivity index (χ3v) is 4.91. The highest BCUT2D eigenvalue weighted by atomic mass is 16.2. The molecule has 4 nitrogen and oxygen atoms in total. The number of amides is 2. The van der Waals surface area contributed by atoms with Crippen molar-refractivity contribution in [2.45, 2.75) is 18.4 Å². The van der Waals surface area contributed by atoms with E-state index in [0.717, 1.165) is 6.42 Å². The molecule has 0 aliphatic heterocycles. The zero-order chi connectivity index (χ0) is 16.7. The standard InChI is InChI=1S/C20H18N2O2/c1-2-17(23)21-14-8-5-7-13(10-14)20(24)22-19-16-11-12-6-3-4-9-15(12)18(16)19/h2-10,16,18-19H,1,11H2,(H,21,23)(H,22,24)/t16-,18+,19+/m0/s1. The van der Waals surface area contributed by atoms with Crippen molar-refractivity contribution in [2.75, 3.05) is 5.32 Å². The van der Waals surface area contributed by atoms with Gasteiger partial charge < -0.3 is 10.6 Å². The quantitative estimate of drug-likeness (QED) is 0.852. The van der Waals surface area contributed by atoms with Crippen molar-refractivity contribution in [3.63, 3.8) is 0 Å². The maximum atomic E-state index is 12.5. The van der Waals surface area contributed by atoms with Crippen LogP contribution in [0.1, 0.15) is 27.4 Å². The smallest absolute Gasteiger partial charge is 0.251 e. The summed E-state index contributed by atoms with van der Waals surface area (Å²) in [7, 11) is 0. The predicted molar refractivity (Wildman–Crippen MR) is 92.9 cm³/mol. The molecule has 2 aromatic carbocycles. The number of nitrogens with one attached hydrogen (secondary N) is 2. The highest BCUT2D eigenvalue weighted by molar-refractivity contribution is 6.01. The summed E-state index contributed by atoms with van der Waals surface area (Å²) in [6.45, 7) is 3.42. The Hall–Kier alpha value is -2.88. The number of rotatable bonds is 4. The fourth-order valence-corrected chi connectivity index (χ4v) is 3.71. The van der Waals surface area contributed by atoms with Gasteiger partial charge >= 0.3 is 0 Å². The maximum Gasteiger partial charge on any atom is 0.251 e. The van der Waals surface area contributed by atoms with Crippen molar-refractivity contribution < 1.29 is 9.59 Å². The van der Waals surface area contributed by atoms with Crippen LogP contribution in [-0.2, 0) is 11.2 Å². The third kappa shape index (κ3) is 2.50. The summed E-state index contributed by atoms with van der Waals surface area (Å²) < 4.78 is 0. The minimum atomic E-state index is -0.291. The molecule has 1 saturated carbocycles. The Morgan fingerprint density at radius 1 is 1.12 bits per heavy atom. The first-order chi connectivity index (χ1) is 11.7. The minimum absolute atomic E-state index is 0.0958. The zero-order valence-corrected chi connectivity index (χ0v) is 13.2. The molecule has 0 saturated heterocycles. The lowest BCUT2D eigenvalue weighted by Crippen LogP contribution is -2.28. The second kappa shape index (κ2) is 5.64. The molecule has 0 bridgehead atoms. The first kappa shape index (κ1) is 14.7. The Morgan fingerprint density at radius 2 is 1.96 bits per heavy atom. The van der Waals surface area contributed by atoms with Gasteiger partial charge in [0.15, 0.2) is 0 Å². The molecular formula is C20H18N2O2. The number of carbonyl (C=O) groups is 2. The van der Waals surface area contributed by atoms with Gasteiger partial charge in [0.25, 0.3) is 5.91 Å². The molecule has 2 amide bonds. The van der Waals surface area contributed by atoms with Crippen molar-refractivity contribution in [2.24, 2.45) is 5.92 Å². The van der Waals surface area contributed by atoms with E-state index in [9.17, 15) is 9.59 Å². The topological polar surface area (TPSA) is 58.2 Å². The Labute approximate surface area is 140 Å². The van der Waals surface area contributed by atoms with E-state index in [1.54, 1.807) is 24.3 Å². The molecule has 0 unspecified atom stereocenters. The van der Waals surface area contributed by atoms with Crippen LogP contribution in [0.5, 0.6) is 0 Å². The fourth-order valence-electron chi connectivity index (χ4n) is 3.71.